The van der Waals surface area contributed by atoms with Crippen LogP contribution in [-0.4, -0.2) is 10.9 Å². The minimum absolute atomic E-state index is 0.167. The summed E-state index contributed by atoms with van der Waals surface area (Å²) in [4.78, 5) is 16.4. The zero-order valence-corrected chi connectivity index (χ0v) is 13.4. The van der Waals surface area contributed by atoms with Gasteiger partial charge in [-0.05, 0) is 43.3 Å². The molecule has 0 atom stereocenters. The number of halogens is 1. The number of carbonyl (C=O) groups excluding carboxylic acids is 1. The Hall–Kier alpha value is -2.11. The third kappa shape index (κ3) is 3.37. The molecule has 1 amide bonds. The van der Waals surface area contributed by atoms with E-state index < -0.39 is 0 Å². The van der Waals surface area contributed by atoms with E-state index >= 15 is 0 Å². The highest BCUT2D eigenvalue weighted by molar-refractivity contribution is 7.09. The van der Waals surface area contributed by atoms with Crippen molar-refractivity contribution in [2.24, 2.45) is 0 Å². The molecule has 0 bridgehead atoms. The average molecular weight is 333 g/mol. The maximum atomic E-state index is 12.0. The maximum Gasteiger partial charge on any atom is 0.251 e. The van der Waals surface area contributed by atoms with Crippen molar-refractivity contribution in [3.8, 4) is 11.5 Å². The van der Waals surface area contributed by atoms with Crippen LogP contribution >= 0.6 is 22.9 Å². The zero-order chi connectivity index (χ0) is 15.5. The van der Waals surface area contributed by atoms with Gasteiger partial charge in [-0.15, -0.1) is 11.3 Å². The van der Waals surface area contributed by atoms with Gasteiger partial charge in [-0.25, -0.2) is 4.98 Å². The Bertz CT molecular complexity index is 793. The molecule has 4 nitrogen and oxygen atoms in total. The van der Waals surface area contributed by atoms with E-state index in [1.165, 1.54) is 0 Å². The van der Waals surface area contributed by atoms with Crippen LogP contribution in [0.1, 0.15) is 21.1 Å². The van der Waals surface area contributed by atoms with Crippen molar-refractivity contribution in [1.82, 2.24) is 10.3 Å². The molecule has 112 valence electrons. The van der Waals surface area contributed by atoms with Gasteiger partial charge in [0.25, 0.3) is 5.91 Å². The fraction of sp³-hybridized carbons (Fsp3) is 0.125. The smallest absolute Gasteiger partial charge is 0.251 e. The summed E-state index contributed by atoms with van der Waals surface area (Å²) in [6, 6.07) is 10.4. The van der Waals surface area contributed by atoms with Gasteiger partial charge in [0.15, 0.2) is 5.76 Å². The van der Waals surface area contributed by atoms with Crippen LogP contribution < -0.4 is 5.32 Å². The number of aryl methyl sites for hydroxylation is 1. The number of nitrogens with one attached hydrogen (secondary N) is 1. The molecule has 2 heterocycles. The first-order valence-corrected chi connectivity index (χ1v) is 7.92. The summed E-state index contributed by atoms with van der Waals surface area (Å²) in [6.45, 7) is 2.27. The summed E-state index contributed by atoms with van der Waals surface area (Å²) >= 11 is 7.37. The molecule has 0 aliphatic carbocycles. The first-order chi connectivity index (χ1) is 10.6. The molecule has 3 aromatic rings. The van der Waals surface area contributed by atoms with Gasteiger partial charge in [0.1, 0.15) is 11.5 Å². The van der Waals surface area contributed by atoms with E-state index in [0.29, 0.717) is 28.7 Å². The van der Waals surface area contributed by atoms with Crippen molar-refractivity contribution >= 4 is 28.8 Å². The average Bonchev–Trinajstić information content (AvgIpc) is 3.14. The Kier molecular flexibility index (Phi) is 4.27. The Balaban J connectivity index is 1.63. The Morgan fingerprint density at radius 1 is 1.27 bits per heavy atom. The molecular weight excluding hydrogens is 320 g/mol. The third-order valence-corrected chi connectivity index (χ3v) is 4.09. The fourth-order valence-electron chi connectivity index (χ4n) is 1.96. The number of thiazole rings is 1. The van der Waals surface area contributed by atoms with Gasteiger partial charge in [-0.1, -0.05) is 11.6 Å². The predicted molar refractivity (Wildman–Crippen MR) is 87.2 cm³/mol. The molecule has 0 saturated heterocycles. The van der Waals surface area contributed by atoms with Crippen LogP contribution in [0.25, 0.3) is 11.5 Å². The van der Waals surface area contributed by atoms with Gasteiger partial charge in [0.2, 0.25) is 0 Å². The number of amides is 1. The van der Waals surface area contributed by atoms with E-state index in [0.717, 1.165) is 10.7 Å². The molecule has 6 heteroatoms. The molecule has 3 rings (SSSR count). The van der Waals surface area contributed by atoms with Crippen LogP contribution in [0, 0.1) is 6.92 Å². The lowest BCUT2D eigenvalue weighted by Gasteiger charge is -2.03. The molecule has 0 aliphatic rings. The number of aromatic nitrogens is 1. The van der Waals surface area contributed by atoms with Crippen molar-refractivity contribution in [1.29, 1.82) is 0 Å². The van der Waals surface area contributed by atoms with Crippen LogP contribution in [0.15, 0.2) is 46.2 Å². The second kappa shape index (κ2) is 6.34. The summed E-state index contributed by atoms with van der Waals surface area (Å²) < 4.78 is 5.70. The lowest BCUT2D eigenvalue weighted by molar-refractivity contribution is 0.0948. The van der Waals surface area contributed by atoms with Crippen molar-refractivity contribution in [3.05, 3.63) is 63.1 Å². The Morgan fingerprint density at radius 2 is 2.05 bits per heavy atom. The topological polar surface area (TPSA) is 55.1 Å². The molecule has 0 unspecified atom stereocenters. The number of furan rings is 1. The molecule has 0 aliphatic heterocycles. The molecule has 0 radical (unpaired) electrons. The summed E-state index contributed by atoms with van der Waals surface area (Å²) in [7, 11) is 0. The molecule has 1 N–H and O–H groups in total. The molecule has 0 spiro atoms. The van der Waals surface area contributed by atoms with Gasteiger partial charge in [-0.2, -0.15) is 0 Å². The van der Waals surface area contributed by atoms with Gasteiger partial charge < -0.3 is 9.73 Å². The standard InChI is InChI=1S/C16H13ClN2O2S/c1-10-19-14(9-22-10)15-7-6-13(21-15)8-18-16(20)11-2-4-12(17)5-3-11/h2-7,9H,8H2,1H3,(H,18,20). The van der Waals surface area contributed by atoms with E-state index in [2.05, 4.69) is 10.3 Å². The van der Waals surface area contributed by atoms with Gasteiger partial charge in [0, 0.05) is 16.0 Å². The van der Waals surface area contributed by atoms with Gasteiger partial charge >= 0.3 is 0 Å². The van der Waals surface area contributed by atoms with Crippen molar-refractivity contribution in [2.75, 3.05) is 0 Å². The normalized spacial score (nSPS) is 10.6. The summed E-state index contributed by atoms with van der Waals surface area (Å²) in [5, 5.41) is 6.35. The number of hydrogen-bond donors (Lipinski definition) is 1. The van der Waals surface area contributed by atoms with Crippen LogP contribution in [0.3, 0.4) is 0 Å². The summed E-state index contributed by atoms with van der Waals surface area (Å²) in [6.07, 6.45) is 0. The number of hydrogen-bond acceptors (Lipinski definition) is 4. The second-order valence-electron chi connectivity index (χ2n) is 4.71. The van der Waals surface area contributed by atoms with Gasteiger partial charge in [0.05, 0.1) is 11.6 Å². The van der Waals surface area contributed by atoms with E-state index in [-0.39, 0.29) is 5.91 Å². The lowest BCUT2D eigenvalue weighted by atomic mass is 10.2. The van der Waals surface area contributed by atoms with Crippen LogP contribution in [0.5, 0.6) is 0 Å². The van der Waals surface area contributed by atoms with E-state index in [1.807, 2.05) is 24.4 Å². The van der Waals surface area contributed by atoms with E-state index in [1.54, 1.807) is 35.6 Å². The van der Waals surface area contributed by atoms with E-state index in [9.17, 15) is 4.79 Å². The predicted octanol–water partition coefficient (Wildman–Crippen LogP) is 4.29. The molecule has 2 aromatic heterocycles. The number of carbonyl (C=O) groups is 1. The minimum Gasteiger partial charge on any atom is -0.458 e. The summed E-state index contributed by atoms with van der Waals surface area (Å²) in [5.41, 5.74) is 1.38. The minimum atomic E-state index is -0.167. The monoisotopic (exact) mass is 332 g/mol. The lowest BCUT2D eigenvalue weighted by Crippen LogP contribution is -2.22. The largest absolute Gasteiger partial charge is 0.458 e. The SMILES string of the molecule is Cc1nc(-c2ccc(CNC(=O)c3ccc(Cl)cc3)o2)cs1. The quantitative estimate of drug-likeness (QED) is 0.775. The molecule has 22 heavy (non-hydrogen) atoms. The Labute approximate surface area is 136 Å². The maximum absolute atomic E-state index is 12.0. The van der Waals surface area contributed by atoms with Gasteiger partial charge in [-0.3, -0.25) is 4.79 Å². The highest BCUT2D eigenvalue weighted by Crippen LogP contribution is 2.23. The highest BCUT2D eigenvalue weighted by Gasteiger charge is 2.10. The van der Waals surface area contributed by atoms with Crippen molar-refractivity contribution in [3.63, 3.8) is 0 Å². The zero-order valence-electron chi connectivity index (χ0n) is 11.8. The molecular formula is C16H13ClN2O2S. The van der Waals surface area contributed by atoms with Crippen molar-refractivity contribution in [2.45, 2.75) is 13.5 Å². The fourth-order valence-corrected chi connectivity index (χ4v) is 2.69. The van der Waals surface area contributed by atoms with Crippen molar-refractivity contribution < 1.29 is 9.21 Å². The number of nitrogens with zero attached hydrogens (tertiary/aromatic N) is 1. The number of rotatable bonds is 4. The first kappa shape index (κ1) is 14.8. The summed E-state index contributed by atoms with van der Waals surface area (Å²) in [5.74, 6) is 1.22. The third-order valence-electron chi connectivity index (χ3n) is 3.06. The first-order valence-electron chi connectivity index (χ1n) is 6.67. The van der Waals surface area contributed by atoms with E-state index in [4.69, 9.17) is 16.0 Å². The Morgan fingerprint density at radius 3 is 2.73 bits per heavy atom. The highest BCUT2D eigenvalue weighted by atomic mass is 35.5. The second-order valence-corrected chi connectivity index (χ2v) is 6.21. The van der Waals surface area contributed by atoms with Crippen LogP contribution in [0.4, 0.5) is 0 Å². The molecule has 1 aromatic carbocycles. The van der Waals surface area contributed by atoms with Crippen LogP contribution in [-0.2, 0) is 6.54 Å². The number of benzene rings is 1. The van der Waals surface area contributed by atoms with Crippen LogP contribution in [0.2, 0.25) is 5.02 Å². The molecule has 0 fully saturated rings. The molecule has 0 saturated carbocycles.